The summed E-state index contributed by atoms with van der Waals surface area (Å²) in [5, 5.41) is 0.666. The third-order valence-electron chi connectivity index (χ3n) is 0.951. The summed E-state index contributed by atoms with van der Waals surface area (Å²) < 4.78 is 0. The number of carbonyl (C=O) groups excluding carboxylic acids is 2. The van der Waals surface area contributed by atoms with E-state index in [1.54, 1.807) is 6.08 Å². The molecule has 0 fully saturated rings. The molecule has 1 rings (SSSR count). The minimum absolute atomic E-state index is 0.261. The van der Waals surface area contributed by atoms with Gasteiger partial charge in [-0.25, -0.2) is 4.79 Å². The molecule has 0 bridgehead atoms. The van der Waals surface area contributed by atoms with Crippen LogP contribution in [0.3, 0.4) is 0 Å². The first-order valence-electron chi connectivity index (χ1n) is 3.01. The first-order chi connectivity index (χ1) is 5.20. The number of thioether (sulfide) groups is 1. The van der Waals surface area contributed by atoms with Crippen LogP contribution in [0.25, 0.3) is 0 Å². The maximum Gasteiger partial charge on any atom is 0.330 e. The molecule has 0 N–H and O–H groups in total. The second-order valence-corrected chi connectivity index (χ2v) is 2.84. The van der Waals surface area contributed by atoms with Crippen molar-refractivity contribution in [2.24, 2.45) is 0 Å². The molecule has 0 atom stereocenters. The van der Waals surface area contributed by atoms with E-state index < -0.39 is 5.97 Å². The van der Waals surface area contributed by atoms with E-state index in [-0.39, 0.29) is 5.24 Å². The molecule has 1 aliphatic heterocycles. The zero-order valence-corrected chi connectivity index (χ0v) is 6.76. The third-order valence-corrected chi connectivity index (χ3v) is 1.74. The average Bonchev–Trinajstić information content (AvgIpc) is 1.93. The van der Waals surface area contributed by atoms with Crippen molar-refractivity contribution < 1.29 is 14.4 Å². The lowest BCUT2D eigenvalue weighted by Gasteiger charge is -2.17. The van der Waals surface area contributed by atoms with Crippen molar-refractivity contribution in [3.8, 4) is 0 Å². The average molecular weight is 173 g/mol. The summed E-state index contributed by atoms with van der Waals surface area (Å²) in [5.41, 5.74) is 0. The maximum atomic E-state index is 10.9. The van der Waals surface area contributed by atoms with Gasteiger partial charge in [-0.3, -0.25) is 4.79 Å². The second kappa shape index (κ2) is 3.43. The highest BCUT2D eigenvalue weighted by Crippen LogP contribution is 2.15. The largest absolute Gasteiger partial charge is 0.333 e. The molecule has 1 amide bonds. The van der Waals surface area contributed by atoms with Gasteiger partial charge in [0.2, 0.25) is 0 Å². The fourth-order valence-corrected chi connectivity index (χ4v) is 1.14. The molecule has 11 heavy (non-hydrogen) atoms. The summed E-state index contributed by atoms with van der Waals surface area (Å²) in [6.45, 7) is 1.25. The van der Waals surface area contributed by atoms with Crippen LogP contribution in [-0.4, -0.2) is 22.0 Å². The van der Waals surface area contributed by atoms with Gasteiger partial charge in [-0.15, -0.1) is 5.06 Å². The Kier molecular flexibility index (Phi) is 2.53. The molecular weight excluding hydrogens is 166 g/mol. The van der Waals surface area contributed by atoms with Gasteiger partial charge in [0.05, 0.1) is 0 Å². The molecule has 0 aromatic heterocycles. The SMILES string of the molecule is CC(=O)ON1C=CCSC1=O. The van der Waals surface area contributed by atoms with Gasteiger partial charge in [0.25, 0.3) is 0 Å². The molecule has 0 spiro atoms. The lowest BCUT2D eigenvalue weighted by Crippen LogP contribution is -2.26. The summed E-state index contributed by atoms with van der Waals surface area (Å²) in [4.78, 5) is 25.8. The van der Waals surface area contributed by atoms with Crippen molar-refractivity contribution in [1.29, 1.82) is 0 Å². The van der Waals surface area contributed by atoms with Crippen LogP contribution in [0.5, 0.6) is 0 Å². The Hall–Kier alpha value is -0.970. The summed E-state index contributed by atoms with van der Waals surface area (Å²) in [6, 6.07) is 0. The van der Waals surface area contributed by atoms with Gasteiger partial charge >= 0.3 is 11.2 Å². The van der Waals surface area contributed by atoms with Crippen LogP contribution in [-0.2, 0) is 9.63 Å². The minimum Gasteiger partial charge on any atom is -0.333 e. The first kappa shape index (κ1) is 8.13. The van der Waals surface area contributed by atoms with Gasteiger partial charge in [0, 0.05) is 18.9 Å². The van der Waals surface area contributed by atoms with Crippen LogP contribution >= 0.6 is 11.8 Å². The van der Waals surface area contributed by atoms with Crippen molar-refractivity contribution in [2.75, 3.05) is 5.75 Å². The van der Waals surface area contributed by atoms with Crippen molar-refractivity contribution in [1.82, 2.24) is 5.06 Å². The lowest BCUT2D eigenvalue weighted by molar-refractivity contribution is -0.164. The Morgan fingerprint density at radius 1 is 1.82 bits per heavy atom. The molecule has 1 aliphatic rings. The number of amides is 1. The zero-order valence-electron chi connectivity index (χ0n) is 5.94. The second-order valence-electron chi connectivity index (χ2n) is 1.87. The van der Waals surface area contributed by atoms with Crippen molar-refractivity contribution in [3.63, 3.8) is 0 Å². The first-order valence-corrected chi connectivity index (χ1v) is 4.00. The Labute approximate surface area is 68.1 Å². The van der Waals surface area contributed by atoms with E-state index in [0.29, 0.717) is 5.75 Å². The van der Waals surface area contributed by atoms with E-state index in [1.807, 2.05) is 0 Å². The molecule has 1 heterocycles. The van der Waals surface area contributed by atoms with E-state index in [0.717, 1.165) is 16.8 Å². The lowest BCUT2D eigenvalue weighted by atomic mass is 10.7. The normalized spacial score (nSPS) is 16.8. The van der Waals surface area contributed by atoms with Gasteiger partial charge in [-0.2, -0.15) is 0 Å². The van der Waals surface area contributed by atoms with Crippen LogP contribution in [0.15, 0.2) is 12.3 Å². The van der Waals surface area contributed by atoms with Crippen molar-refractivity contribution in [3.05, 3.63) is 12.3 Å². The molecule has 0 aliphatic carbocycles. The van der Waals surface area contributed by atoms with Crippen LogP contribution in [0, 0.1) is 0 Å². The van der Waals surface area contributed by atoms with Crippen LogP contribution in [0.2, 0.25) is 0 Å². The zero-order chi connectivity index (χ0) is 8.27. The smallest absolute Gasteiger partial charge is 0.330 e. The summed E-state index contributed by atoms with van der Waals surface area (Å²) in [6.07, 6.45) is 3.19. The molecule has 0 aromatic carbocycles. The Bertz CT molecular complexity index is 214. The van der Waals surface area contributed by atoms with E-state index in [1.165, 1.54) is 13.1 Å². The van der Waals surface area contributed by atoms with Gasteiger partial charge in [0.15, 0.2) is 0 Å². The van der Waals surface area contributed by atoms with E-state index in [4.69, 9.17) is 0 Å². The van der Waals surface area contributed by atoms with Gasteiger partial charge in [-0.05, 0) is 0 Å². The Morgan fingerprint density at radius 3 is 3.09 bits per heavy atom. The monoisotopic (exact) mass is 173 g/mol. The highest BCUT2D eigenvalue weighted by Gasteiger charge is 2.16. The van der Waals surface area contributed by atoms with Gasteiger partial charge in [-0.1, -0.05) is 17.8 Å². The number of nitrogens with zero attached hydrogens (tertiary/aromatic N) is 1. The van der Waals surface area contributed by atoms with E-state index in [2.05, 4.69) is 4.84 Å². The van der Waals surface area contributed by atoms with Gasteiger partial charge < -0.3 is 4.84 Å². The van der Waals surface area contributed by atoms with Crippen LogP contribution in [0.1, 0.15) is 6.92 Å². The topological polar surface area (TPSA) is 46.6 Å². The van der Waals surface area contributed by atoms with E-state index >= 15 is 0 Å². The molecule has 0 saturated heterocycles. The fraction of sp³-hybridized carbons (Fsp3) is 0.333. The summed E-state index contributed by atoms with van der Waals surface area (Å²) >= 11 is 1.09. The predicted octanol–water partition coefficient (Wildman–Crippen LogP) is 1.15. The summed E-state index contributed by atoms with van der Waals surface area (Å²) in [7, 11) is 0. The van der Waals surface area contributed by atoms with E-state index in [9.17, 15) is 9.59 Å². The summed E-state index contributed by atoms with van der Waals surface area (Å²) in [5.74, 6) is 0.141. The molecule has 5 heteroatoms. The quantitative estimate of drug-likeness (QED) is 0.596. The van der Waals surface area contributed by atoms with Crippen LogP contribution < -0.4 is 0 Å². The standard InChI is InChI=1S/C6H7NO3S/c1-5(8)10-7-3-2-4-11-6(7)9/h2-3H,4H2,1H3. The molecule has 4 nitrogen and oxygen atoms in total. The Balaban J connectivity index is 2.55. The minimum atomic E-state index is -0.495. The molecular formula is C6H7NO3S. The maximum absolute atomic E-state index is 10.9. The molecule has 0 aromatic rings. The fourth-order valence-electron chi connectivity index (χ4n) is 0.589. The molecule has 0 saturated carbocycles. The van der Waals surface area contributed by atoms with Crippen molar-refractivity contribution >= 4 is 23.0 Å². The predicted molar refractivity (Wildman–Crippen MR) is 40.6 cm³/mol. The number of carbonyl (C=O) groups is 2. The number of hydroxylamine groups is 2. The van der Waals surface area contributed by atoms with Crippen LogP contribution in [0.4, 0.5) is 4.79 Å². The molecule has 0 radical (unpaired) electrons. The molecule has 60 valence electrons. The Morgan fingerprint density at radius 2 is 2.55 bits per heavy atom. The number of hydrogen-bond donors (Lipinski definition) is 0. The number of hydrogen-bond acceptors (Lipinski definition) is 4. The van der Waals surface area contributed by atoms with Crippen molar-refractivity contribution in [2.45, 2.75) is 6.92 Å². The highest BCUT2D eigenvalue weighted by atomic mass is 32.2. The third kappa shape index (κ3) is 2.27. The number of rotatable bonds is 1. The molecule has 0 unspecified atom stereocenters. The van der Waals surface area contributed by atoms with Gasteiger partial charge in [0.1, 0.15) is 0 Å². The highest BCUT2D eigenvalue weighted by molar-refractivity contribution is 8.13.